The lowest BCUT2D eigenvalue weighted by atomic mass is 10.1. The van der Waals surface area contributed by atoms with Gasteiger partial charge in [0.15, 0.2) is 5.69 Å². The van der Waals surface area contributed by atoms with E-state index in [1.54, 1.807) is 18.2 Å². The molecular formula is C23H24Cl2N4O3. The Kier molecular flexibility index (Phi) is 7.43. The van der Waals surface area contributed by atoms with Crippen LogP contribution in [0.2, 0.25) is 10.0 Å². The van der Waals surface area contributed by atoms with Crippen molar-refractivity contribution in [2.45, 2.75) is 26.8 Å². The first-order valence-electron chi connectivity index (χ1n) is 10.1. The first-order valence-corrected chi connectivity index (χ1v) is 10.8. The second-order valence-electron chi connectivity index (χ2n) is 7.89. The van der Waals surface area contributed by atoms with Gasteiger partial charge in [-0.1, -0.05) is 73.4 Å². The van der Waals surface area contributed by atoms with Gasteiger partial charge in [-0.05, 0) is 29.2 Å². The number of aromatic amines is 1. The van der Waals surface area contributed by atoms with E-state index in [1.165, 1.54) is 9.47 Å². The molecule has 0 saturated heterocycles. The first-order chi connectivity index (χ1) is 15.2. The molecule has 0 aliphatic heterocycles. The van der Waals surface area contributed by atoms with Crippen LogP contribution in [0.3, 0.4) is 0 Å². The summed E-state index contributed by atoms with van der Waals surface area (Å²) in [6, 6.07) is 14.2. The predicted molar refractivity (Wildman–Crippen MR) is 129 cm³/mol. The van der Waals surface area contributed by atoms with Gasteiger partial charge in [0.25, 0.3) is 5.56 Å². The molecule has 1 aromatic heterocycles. The lowest BCUT2D eigenvalue weighted by Crippen LogP contribution is -2.43. The van der Waals surface area contributed by atoms with E-state index >= 15 is 0 Å². The second kappa shape index (κ2) is 10.1. The predicted octanol–water partition coefficient (Wildman–Crippen LogP) is 3.71. The number of anilines is 2. The molecule has 3 aromatic rings. The van der Waals surface area contributed by atoms with Crippen LogP contribution < -0.4 is 21.9 Å². The fourth-order valence-electron chi connectivity index (χ4n) is 3.36. The van der Waals surface area contributed by atoms with E-state index in [0.29, 0.717) is 15.6 Å². The highest BCUT2D eigenvalue weighted by Gasteiger charge is 2.25. The van der Waals surface area contributed by atoms with Gasteiger partial charge in [-0.3, -0.25) is 19.1 Å². The van der Waals surface area contributed by atoms with Crippen molar-refractivity contribution < 1.29 is 4.79 Å². The van der Waals surface area contributed by atoms with Crippen molar-refractivity contribution in [2.24, 2.45) is 5.92 Å². The van der Waals surface area contributed by atoms with Gasteiger partial charge in [0, 0.05) is 6.54 Å². The average molecular weight is 475 g/mol. The fraction of sp³-hybridized carbons (Fsp3) is 0.261. The highest BCUT2D eigenvalue weighted by Crippen LogP contribution is 2.24. The number of carbonyl (C=O) groups excluding carboxylic acids is 1. The molecule has 3 rings (SSSR count). The van der Waals surface area contributed by atoms with Gasteiger partial charge in [-0.2, -0.15) is 0 Å². The molecule has 0 spiro atoms. The third-order valence-corrected chi connectivity index (χ3v) is 5.59. The number of aromatic nitrogens is 2. The summed E-state index contributed by atoms with van der Waals surface area (Å²) in [5.74, 6) is -0.369. The smallest absolute Gasteiger partial charge is 0.330 e. The van der Waals surface area contributed by atoms with E-state index in [4.69, 9.17) is 28.9 Å². The van der Waals surface area contributed by atoms with E-state index in [1.807, 2.05) is 44.2 Å². The molecular weight excluding hydrogens is 451 g/mol. The van der Waals surface area contributed by atoms with Crippen molar-refractivity contribution in [3.05, 3.63) is 90.5 Å². The molecule has 0 aliphatic rings. The van der Waals surface area contributed by atoms with Gasteiger partial charge < -0.3 is 10.6 Å². The van der Waals surface area contributed by atoms with Crippen LogP contribution in [0.4, 0.5) is 11.5 Å². The number of nitrogens with zero attached hydrogens (tertiary/aromatic N) is 2. The van der Waals surface area contributed by atoms with Gasteiger partial charge >= 0.3 is 5.69 Å². The van der Waals surface area contributed by atoms with Crippen molar-refractivity contribution in [1.29, 1.82) is 0 Å². The quantitative estimate of drug-likeness (QED) is 0.544. The first kappa shape index (κ1) is 23.6. The van der Waals surface area contributed by atoms with Crippen LogP contribution in [0.15, 0.2) is 58.1 Å². The topological polar surface area (TPSA) is 101 Å². The highest BCUT2D eigenvalue weighted by atomic mass is 35.5. The molecule has 7 nitrogen and oxygen atoms in total. The van der Waals surface area contributed by atoms with Crippen LogP contribution in [0.1, 0.15) is 25.0 Å². The minimum Gasteiger partial charge on any atom is -0.383 e. The summed E-state index contributed by atoms with van der Waals surface area (Å²) in [5, 5.41) is 0.719. The molecule has 9 heteroatoms. The van der Waals surface area contributed by atoms with E-state index in [-0.39, 0.29) is 42.8 Å². The molecule has 0 radical (unpaired) electrons. The van der Waals surface area contributed by atoms with E-state index in [2.05, 4.69) is 4.98 Å². The number of amides is 1. The van der Waals surface area contributed by atoms with Gasteiger partial charge in [0.2, 0.25) is 5.91 Å². The second-order valence-corrected chi connectivity index (χ2v) is 8.70. The summed E-state index contributed by atoms with van der Waals surface area (Å²) >= 11 is 12.0. The van der Waals surface area contributed by atoms with E-state index < -0.39 is 11.2 Å². The van der Waals surface area contributed by atoms with Crippen LogP contribution >= 0.6 is 23.2 Å². The lowest BCUT2D eigenvalue weighted by molar-refractivity contribution is -0.118. The molecule has 168 valence electrons. The van der Waals surface area contributed by atoms with Gasteiger partial charge in [-0.15, -0.1) is 0 Å². The summed E-state index contributed by atoms with van der Waals surface area (Å²) in [5.41, 5.74) is 6.38. The molecule has 0 fully saturated rings. The molecule has 0 aliphatic carbocycles. The van der Waals surface area contributed by atoms with E-state index in [9.17, 15) is 14.4 Å². The maximum Gasteiger partial charge on any atom is 0.330 e. The van der Waals surface area contributed by atoms with Crippen molar-refractivity contribution in [1.82, 2.24) is 9.55 Å². The zero-order valence-electron chi connectivity index (χ0n) is 17.8. The Labute approximate surface area is 195 Å². The fourth-order valence-corrected chi connectivity index (χ4v) is 3.68. The summed E-state index contributed by atoms with van der Waals surface area (Å²) in [4.78, 5) is 42.1. The standard InChI is InChI=1S/C23H24Cl2N4O3/c1-14(2)12-28(19(30)11-16-8-9-17(24)18(25)10-16)20-21(26)29(23(32)27-22(20)31)13-15-6-4-3-5-7-15/h3-10,14H,11-13,26H2,1-2H3,(H,27,31,32). The summed E-state index contributed by atoms with van der Waals surface area (Å²) in [6.45, 7) is 4.25. The highest BCUT2D eigenvalue weighted by molar-refractivity contribution is 6.42. The molecule has 1 amide bonds. The normalized spacial score (nSPS) is 11.0. The molecule has 0 atom stereocenters. The number of hydrogen-bond acceptors (Lipinski definition) is 4. The number of nitrogens with two attached hydrogens (primary N) is 1. The number of rotatable bonds is 7. The largest absolute Gasteiger partial charge is 0.383 e. The Bertz CT molecular complexity index is 1240. The maximum absolute atomic E-state index is 13.3. The third kappa shape index (κ3) is 5.41. The summed E-state index contributed by atoms with van der Waals surface area (Å²) in [7, 11) is 0. The molecule has 1 heterocycles. The SMILES string of the molecule is CC(C)CN(C(=O)Cc1ccc(Cl)c(Cl)c1)c1c(N)n(Cc2ccccc2)c(=O)[nH]c1=O. The summed E-state index contributed by atoms with van der Waals surface area (Å²) < 4.78 is 1.26. The zero-order valence-corrected chi connectivity index (χ0v) is 19.3. The van der Waals surface area contributed by atoms with Crippen molar-refractivity contribution >= 4 is 40.6 Å². The van der Waals surface area contributed by atoms with Crippen LogP contribution in [-0.4, -0.2) is 22.0 Å². The molecule has 0 bridgehead atoms. The number of nitrogen functional groups attached to an aromatic ring is 1. The molecule has 3 N–H and O–H groups in total. The maximum atomic E-state index is 13.3. The summed E-state index contributed by atoms with van der Waals surface area (Å²) in [6.07, 6.45) is -0.0136. The Morgan fingerprint density at radius 3 is 2.38 bits per heavy atom. The number of hydrogen-bond donors (Lipinski definition) is 2. The number of nitrogens with one attached hydrogen (secondary N) is 1. The Morgan fingerprint density at radius 2 is 1.75 bits per heavy atom. The average Bonchev–Trinajstić information content (AvgIpc) is 2.73. The van der Waals surface area contributed by atoms with Crippen molar-refractivity contribution in [3.8, 4) is 0 Å². The van der Waals surface area contributed by atoms with Crippen molar-refractivity contribution in [2.75, 3.05) is 17.2 Å². The Morgan fingerprint density at radius 1 is 1.06 bits per heavy atom. The van der Waals surface area contributed by atoms with Gasteiger partial charge in [0.05, 0.1) is 23.0 Å². The van der Waals surface area contributed by atoms with Crippen LogP contribution in [-0.2, 0) is 17.8 Å². The molecule has 2 aromatic carbocycles. The zero-order chi connectivity index (χ0) is 23.4. The molecule has 0 saturated carbocycles. The van der Waals surface area contributed by atoms with Crippen LogP contribution in [0, 0.1) is 5.92 Å². The number of benzene rings is 2. The minimum atomic E-state index is -0.708. The number of H-pyrrole nitrogens is 1. The molecule has 32 heavy (non-hydrogen) atoms. The van der Waals surface area contributed by atoms with Crippen LogP contribution in [0.25, 0.3) is 0 Å². The third-order valence-electron chi connectivity index (χ3n) is 4.86. The van der Waals surface area contributed by atoms with E-state index in [0.717, 1.165) is 5.56 Å². The van der Waals surface area contributed by atoms with Crippen LogP contribution in [0.5, 0.6) is 0 Å². The lowest BCUT2D eigenvalue weighted by Gasteiger charge is -2.26. The minimum absolute atomic E-state index is 0.0136. The van der Waals surface area contributed by atoms with Gasteiger partial charge in [-0.25, -0.2) is 4.79 Å². The van der Waals surface area contributed by atoms with Gasteiger partial charge in [0.1, 0.15) is 5.82 Å². The Hall–Kier alpha value is -3.03. The molecule has 0 unspecified atom stereocenters. The number of halogens is 2. The number of carbonyl (C=O) groups is 1. The Balaban J connectivity index is 2.03. The monoisotopic (exact) mass is 474 g/mol. The van der Waals surface area contributed by atoms with Crippen molar-refractivity contribution in [3.63, 3.8) is 0 Å².